The van der Waals surface area contributed by atoms with Gasteiger partial charge < -0.3 is 24.8 Å². The molecule has 20 heavy (non-hydrogen) atoms. The third kappa shape index (κ3) is 2.56. The molecule has 0 radical (unpaired) electrons. The lowest BCUT2D eigenvalue weighted by molar-refractivity contribution is 0.350. The van der Waals surface area contributed by atoms with E-state index < -0.39 is 0 Å². The second kappa shape index (κ2) is 5.21. The van der Waals surface area contributed by atoms with Crippen molar-refractivity contribution in [1.82, 2.24) is 0 Å². The van der Waals surface area contributed by atoms with Crippen LogP contribution in [0.3, 0.4) is 0 Å². The molecule has 0 fully saturated rings. The van der Waals surface area contributed by atoms with E-state index in [4.69, 9.17) is 9.47 Å². The molecule has 0 saturated carbocycles. The van der Waals surface area contributed by atoms with E-state index in [1.54, 1.807) is 19.9 Å². The first-order chi connectivity index (χ1) is 9.42. The SMILES string of the molecule is COc1cc(O)cc(C)c1Oc1cc(C)cc(O)c1O. The van der Waals surface area contributed by atoms with Gasteiger partial charge in [0.05, 0.1) is 7.11 Å². The molecule has 3 N–H and O–H groups in total. The Morgan fingerprint density at radius 1 is 0.900 bits per heavy atom. The van der Waals surface area contributed by atoms with Crippen molar-refractivity contribution in [3.05, 3.63) is 35.4 Å². The second-order valence-electron chi connectivity index (χ2n) is 4.53. The van der Waals surface area contributed by atoms with Gasteiger partial charge in [0.15, 0.2) is 23.0 Å². The molecule has 5 nitrogen and oxygen atoms in total. The fourth-order valence-electron chi connectivity index (χ4n) is 1.92. The van der Waals surface area contributed by atoms with E-state index in [0.717, 1.165) is 5.56 Å². The van der Waals surface area contributed by atoms with Crippen LogP contribution in [0.4, 0.5) is 0 Å². The fourth-order valence-corrected chi connectivity index (χ4v) is 1.92. The zero-order valence-electron chi connectivity index (χ0n) is 11.5. The Hall–Kier alpha value is -2.56. The van der Waals surface area contributed by atoms with Crippen molar-refractivity contribution < 1.29 is 24.8 Å². The Kier molecular flexibility index (Phi) is 3.61. The molecule has 0 heterocycles. The fraction of sp³-hybridized carbons (Fsp3) is 0.200. The van der Waals surface area contributed by atoms with Crippen molar-refractivity contribution in [2.45, 2.75) is 13.8 Å². The summed E-state index contributed by atoms with van der Waals surface area (Å²) in [5.41, 5.74) is 1.38. The summed E-state index contributed by atoms with van der Waals surface area (Å²) in [7, 11) is 1.45. The average molecular weight is 276 g/mol. The zero-order valence-corrected chi connectivity index (χ0v) is 11.5. The summed E-state index contributed by atoms with van der Waals surface area (Å²) in [6.45, 7) is 3.51. The third-order valence-electron chi connectivity index (χ3n) is 2.86. The number of aromatic hydroxyl groups is 3. The predicted molar refractivity (Wildman–Crippen MR) is 74.0 cm³/mol. The van der Waals surface area contributed by atoms with Gasteiger partial charge in [-0.2, -0.15) is 0 Å². The first kappa shape index (κ1) is 13.9. The highest BCUT2D eigenvalue weighted by Gasteiger charge is 2.15. The van der Waals surface area contributed by atoms with Crippen molar-refractivity contribution in [1.29, 1.82) is 0 Å². The second-order valence-corrected chi connectivity index (χ2v) is 4.53. The highest BCUT2D eigenvalue weighted by Crippen LogP contribution is 2.43. The van der Waals surface area contributed by atoms with Crippen LogP contribution in [0, 0.1) is 13.8 Å². The number of phenolic OH excluding ortho intramolecular Hbond substituents is 3. The summed E-state index contributed by atoms with van der Waals surface area (Å²) in [4.78, 5) is 0. The Labute approximate surface area is 116 Å². The molecule has 0 aliphatic carbocycles. The maximum atomic E-state index is 9.83. The summed E-state index contributed by atoms with van der Waals surface area (Å²) in [5.74, 6) is 0.284. The smallest absolute Gasteiger partial charge is 0.201 e. The Morgan fingerprint density at radius 2 is 1.60 bits per heavy atom. The average Bonchev–Trinajstić information content (AvgIpc) is 2.37. The molecule has 0 saturated heterocycles. The summed E-state index contributed by atoms with van der Waals surface area (Å²) >= 11 is 0. The minimum Gasteiger partial charge on any atom is -0.508 e. The highest BCUT2D eigenvalue weighted by molar-refractivity contribution is 5.57. The lowest BCUT2D eigenvalue weighted by Crippen LogP contribution is -1.94. The molecule has 0 spiro atoms. The number of phenols is 3. The molecule has 2 aromatic carbocycles. The summed E-state index contributed by atoms with van der Waals surface area (Å²) in [6, 6.07) is 5.96. The zero-order chi connectivity index (χ0) is 14.9. The van der Waals surface area contributed by atoms with Gasteiger partial charge in [0.25, 0.3) is 0 Å². The number of benzene rings is 2. The van der Waals surface area contributed by atoms with E-state index >= 15 is 0 Å². The predicted octanol–water partition coefficient (Wildman–Crippen LogP) is 3.22. The van der Waals surface area contributed by atoms with E-state index in [1.807, 2.05) is 0 Å². The van der Waals surface area contributed by atoms with Gasteiger partial charge in [-0.15, -0.1) is 0 Å². The maximum absolute atomic E-state index is 9.83. The largest absolute Gasteiger partial charge is 0.508 e. The van der Waals surface area contributed by atoms with Crippen molar-refractivity contribution in [2.75, 3.05) is 7.11 Å². The van der Waals surface area contributed by atoms with Crippen molar-refractivity contribution in [3.8, 4) is 34.5 Å². The van der Waals surface area contributed by atoms with Crippen molar-refractivity contribution >= 4 is 0 Å². The van der Waals surface area contributed by atoms with Gasteiger partial charge in [0.2, 0.25) is 5.75 Å². The highest BCUT2D eigenvalue weighted by atomic mass is 16.5. The molecule has 2 rings (SSSR count). The molecule has 0 bridgehead atoms. The van der Waals surface area contributed by atoms with Gasteiger partial charge in [0.1, 0.15) is 5.75 Å². The van der Waals surface area contributed by atoms with Crippen LogP contribution in [0.5, 0.6) is 34.5 Å². The number of ether oxygens (including phenoxy) is 2. The lowest BCUT2D eigenvalue weighted by atomic mass is 10.1. The van der Waals surface area contributed by atoms with Crippen molar-refractivity contribution in [2.24, 2.45) is 0 Å². The van der Waals surface area contributed by atoms with Crippen molar-refractivity contribution in [3.63, 3.8) is 0 Å². The number of hydrogen-bond donors (Lipinski definition) is 3. The van der Waals surface area contributed by atoms with Gasteiger partial charge in [-0.1, -0.05) is 0 Å². The van der Waals surface area contributed by atoms with Crippen LogP contribution in [0.15, 0.2) is 24.3 Å². The summed E-state index contributed by atoms with van der Waals surface area (Å²) in [6.07, 6.45) is 0. The Balaban J connectivity index is 2.50. The molecular weight excluding hydrogens is 260 g/mol. The molecule has 0 unspecified atom stereocenters. The Morgan fingerprint density at radius 3 is 2.25 bits per heavy atom. The first-order valence-corrected chi connectivity index (χ1v) is 6.00. The molecule has 0 atom stereocenters. The van der Waals surface area contributed by atoms with Crippen LogP contribution in [0.25, 0.3) is 0 Å². The maximum Gasteiger partial charge on any atom is 0.201 e. The first-order valence-electron chi connectivity index (χ1n) is 6.00. The summed E-state index contributed by atoms with van der Waals surface area (Å²) in [5, 5.41) is 29.0. The van der Waals surface area contributed by atoms with Crippen LogP contribution in [-0.4, -0.2) is 22.4 Å². The monoisotopic (exact) mass is 276 g/mol. The standard InChI is InChI=1S/C15H16O5/c1-8-4-11(17)14(18)12(5-8)20-15-9(2)6-10(16)7-13(15)19-3/h4-7,16-18H,1-3H3. The van der Waals surface area contributed by atoms with E-state index in [2.05, 4.69) is 0 Å². The quantitative estimate of drug-likeness (QED) is 0.750. The normalized spacial score (nSPS) is 10.3. The van der Waals surface area contributed by atoms with Gasteiger partial charge >= 0.3 is 0 Å². The number of rotatable bonds is 3. The molecule has 0 amide bonds. The lowest BCUT2D eigenvalue weighted by Gasteiger charge is -2.15. The molecule has 0 aromatic heterocycles. The Bertz CT molecular complexity index is 649. The molecule has 0 aliphatic heterocycles. The molecule has 0 aliphatic rings. The van der Waals surface area contributed by atoms with Crippen LogP contribution in [-0.2, 0) is 0 Å². The van der Waals surface area contributed by atoms with Crippen LogP contribution in [0.2, 0.25) is 0 Å². The summed E-state index contributed by atoms with van der Waals surface area (Å²) < 4.78 is 10.8. The third-order valence-corrected chi connectivity index (χ3v) is 2.86. The van der Waals surface area contributed by atoms with E-state index in [-0.39, 0.29) is 23.0 Å². The van der Waals surface area contributed by atoms with E-state index in [1.165, 1.54) is 25.3 Å². The minimum absolute atomic E-state index is 0.0583. The van der Waals surface area contributed by atoms with Crippen LogP contribution in [0.1, 0.15) is 11.1 Å². The van der Waals surface area contributed by atoms with Crippen LogP contribution >= 0.6 is 0 Å². The van der Waals surface area contributed by atoms with Crippen LogP contribution < -0.4 is 9.47 Å². The van der Waals surface area contributed by atoms with Gasteiger partial charge in [-0.05, 0) is 43.2 Å². The topological polar surface area (TPSA) is 79.2 Å². The number of methoxy groups -OCH3 is 1. The van der Waals surface area contributed by atoms with Gasteiger partial charge in [0, 0.05) is 6.07 Å². The van der Waals surface area contributed by atoms with Gasteiger partial charge in [-0.3, -0.25) is 0 Å². The van der Waals surface area contributed by atoms with E-state index in [9.17, 15) is 15.3 Å². The molecule has 106 valence electrons. The molecule has 5 heteroatoms. The number of aryl methyl sites for hydroxylation is 2. The van der Waals surface area contributed by atoms with E-state index in [0.29, 0.717) is 17.1 Å². The number of hydrogen-bond acceptors (Lipinski definition) is 5. The molecular formula is C15H16O5. The minimum atomic E-state index is -0.342. The molecule has 2 aromatic rings. The van der Waals surface area contributed by atoms with Gasteiger partial charge in [-0.25, -0.2) is 0 Å².